The fraction of sp³-hybridized carbons (Fsp3) is 0.625. The Hall–Kier alpha value is -2.22. The fourth-order valence-corrected chi connectivity index (χ4v) is 2.93. The maximum Gasteiger partial charge on any atom is 0.245 e. The summed E-state index contributed by atoms with van der Waals surface area (Å²) in [6.07, 6.45) is 3.56. The molecule has 3 rings (SSSR count). The maximum atomic E-state index is 12.7. The molecule has 1 aliphatic rings. The van der Waals surface area contributed by atoms with Gasteiger partial charge in [-0.1, -0.05) is 0 Å². The number of carbonyl (C=O) groups is 1. The van der Waals surface area contributed by atoms with Gasteiger partial charge in [0.25, 0.3) is 0 Å². The molecule has 1 saturated heterocycles. The third kappa shape index (κ3) is 3.48. The minimum Gasteiger partial charge on any atom is -0.467 e. The van der Waals surface area contributed by atoms with Gasteiger partial charge in [0.15, 0.2) is 5.82 Å². The highest BCUT2D eigenvalue weighted by molar-refractivity contribution is 5.76. The summed E-state index contributed by atoms with van der Waals surface area (Å²) in [6.45, 7) is 5.73. The van der Waals surface area contributed by atoms with E-state index in [1.54, 1.807) is 10.9 Å². The Morgan fingerprint density at radius 1 is 1.50 bits per heavy atom. The molecule has 0 bridgehead atoms. The van der Waals surface area contributed by atoms with E-state index in [0.717, 1.165) is 25.1 Å². The van der Waals surface area contributed by atoms with E-state index in [4.69, 9.17) is 4.42 Å². The highest BCUT2D eigenvalue weighted by Crippen LogP contribution is 2.32. The number of furan rings is 1. The molecule has 24 heavy (non-hydrogen) atoms. The minimum absolute atomic E-state index is 0.0192. The lowest BCUT2D eigenvalue weighted by Gasteiger charge is -2.24. The Morgan fingerprint density at radius 2 is 2.33 bits per heavy atom. The van der Waals surface area contributed by atoms with Crippen LogP contribution in [0.3, 0.4) is 0 Å². The van der Waals surface area contributed by atoms with E-state index in [0.29, 0.717) is 18.4 Å². The van der Waals surface area contributed by atoms with Crippen LogP contribution in [0.5, 0.6) is 0 Å². The second-order valence-electron chi connectivity index (χ2n) is 6.52. The third-order valence-corrected chi connectivity index (χ3v) is 4.61. The maximum absolute atomic E-state index is 12.7. The lowest BCUT2D eigenvalue weighted by molar-refractivity contribution is -0.133. The second-order valence-corrected chi connectivity index (χ2v) is 6.52. The molecule has 1 aliphatic heterocycles. The molecule has 1 amide bonds. The lowest BCUT2D eigenvalue weighted by Crippen LogP contribution is -2.35. The Morgan fingerprint density at radius 3 is 3.04 bits per heavy atom. The fourth-order valence-electron chi connectivity index (χ4n) is 2.93. The van der Waals surface area contributed by atoms with E-state index >= 15 is 0 Å². The van der Waals surface area contributed by atoms with Crippen LogP contribution >= 0.6 is 0 Å². The molecule has 3 heterocycles. The van der Waals surface area contributed by atoms with Crippen molar-refractivity contribution in [2.75, 3.05) is 13.6 Å². The summed E-state index contributed by atoms with van der Waals surface area (Å²) in [6, 6.07) is 4.19. The number of tetrazole rings is 1. The van der Waals surface area contributed by atoms with Crippen molar-refractivity contribution in [2.45, 2.75) is 51.9 Å². The predicted molar refractivity (Wildman–Crippen MR) is 86.8 cm³/mol. The van der Waals surface area contributed by atoms with Gasteiger partial charge in [0.2, 0.25) is 5.91 Å². The molecule has 0 spiro atoms. The second kappa shape index (κ2) is 7.12. The first-order chi connectivity index (χ1) is 11.6. The number of likely N-dealkylation sites (tertiary alicyclic amines) is 1. The van der Waals surface area contributed by atoms with Crippen molar-refractivity contribution in [3.8, 4) is 0 Å². The quantitative estimate of drug-likeness (QED) is 0.797. The average molecular weight is 332 g/mol. The van der Waals surface area contributed by atoms with E-state index in [1.165, 1.54) is 0 Å². The standard InChI is InChI=1S/C16H24N6O2/c1-12(2)20(3)10-15-17-18-19-22(15)11-16(23)21-8-4-6-13(21)14-7-5-9-24-14/h5,7,9,12-13H,4,6,8,10-11H2,1-3H3/t13-/m0/s1. The van der Waals surface area contributed by atoms with Gasteiger partial charge in [-0.05, 0) is 56.3 Å². The zero-order chi connectivity index (χ0) is 17.1. The summed E-state index contributed by atoms with van der Waals surface area (Å²) in [5, 5.41) is 11.8. The van der Waals surface area contributed by atoms with Crippen molar-refractivity contribution in [2.24, 2.45) is 0 Å². The van der Waals surface area contributed by atoms with Gasteiger partial charge in [-0.3, -0.25) is 9.69 Å². The Bertz CT molecular complexity index is 666. The van der Waals surface area contributed by atoms with Crippen LogP contribution in [0.4, 0.5) is 0 Å². The molecule has 2 aromatic rings. The topological polar surface area (TPSA) is 80.3 Å². The Labute approximate surface area is 141 Å². The molecule has 1 fully saturated rings. The van der Waals surface area contributed by atoms with Crippen LogP contribution in [0, 0.1) is 0 Å². The largest absolute Gasteiger partial charge is 0.467 e. The van der Waals surface area contributed by atoms with Crippen molar-refractivity contribution >= 4 is 5.91 Å². The molecule has 0 radical (unpaired) electrons. The molecule has 8 nitrogen and oxygen atoms in total. The Kier molecular flexibility index (Phi) is 4.94. The lowest BCUT2D eigenvalue weighted by atomic mass is 10.1. The van der Waals surface area contributed by atoms with Crippen molar-refractivity contribution < 1.29 is 9.21 Å². The van der Waals surface area contributed by atoms with Crippen LogP contribution in [0.25, 0.3) is 0 Å². The first kappa shape index (κ1) is 16.6. The molecule has 1 atom stereocenters. The molecular weight excluding hydrogens is 308 g/mol. The van der Waals surface area contributed by atoms with Gasteiger partial charge in [-0.2, -0.15) is 0 Å². The number of hydrogen-bond acceptors (Lipinski definition) is 6. The zero-order valence-electron chi connectivity index (χ0n) is 14.4. The highest BCUT2D eigenvalue weighted by Gasteiger charge is 2.32. The van der Waals surface area contributed by atoms with Crippen LogP contribution in [-0.2, 0) is 17.9 Å². The number of rotatable bonds is 6. The van der Waals surface area contributed by atoms with Crippen molar-refractivity contribution in [3.63, 3.8) is 0 Å². The van der Waals surface area contributed by atoms with Gasteiger partial charge in [0, 0.05) is 12.6 Å². The van der Waals surface area contributed by atoms with E-state index in [9.17, 15) is 4.79 Å². The highest BCUT2D eigenvalue weighted by atomic mass is 16.3. The van der Waals surface area contributed by atoms with Crippen LogP contribution < -0.4 is 0 Å². The number of hydrogen-bond donors (Lipinski definition) is 0. The van der Waals surface area contributed by atoms with Gasteiger partial charge < -0.3 is 9.32 Å². The molecule has 130 valence electrons. The van der Waals surface area contributed by atoms with Crippen molar-refractivity contribution in [1.82, 2.24) is 30.0 Å². The minimum atomic E-state index is 0.0192. The average Bonchev–Trinajstić information content (AvgIpc) is 3.28. The van der Waals surface area contributed by atoms with E-state index in [-0.39, 0.29) is 18.5 Å². The van der Waals surface area contributed by atoms with Crippen LogP contribution in [0.1, 0.15) is 44.3 Å². The SMILES string of the molecule is CC(C)N(C)Cc1nnnn1CC(=O)N1CCC[C@H]1c1ccco1. The zero-order valence-corrected chi connectivity index (χ0v) is 14.4. The summed E-state index contributed by atoms with van der Waals surface area (Å²) in [5.74, 6) is 1.57. The first-order valence-corrected chi connectivity index (χ1v) is 8.34. The van der Waals surface area contributed by atoms with Crippen molar-refractivity contribution in [3.05, 3.63) is 30.0 Å². The molecule has 0 saturated carbocycles. The number of nitrogens with zero attached hydrogens (tertiary/aromatic N) is 6. The molecule has 8 heteroatoms. The molecule has 0 unspecified atom stereocenters. The summed E-state index contributed by atoms with van der Waals surface area (Å²) in [4.78, 5) is 16.7. The van der Waals surface area contributed by atoms with E-state index in [1.807, 2.05) is 24.1 Å². The van der Waals surface area contributed by atoms with E-state index in [2.05, 4.69) is 34.3 Å². The normalized spacial score (nSPS) is 18.0. The predicted octanol–water partition coefficient (Wildman–Crippen LogP) is 1.47. The smallest absolute Gasteiger partial charge is 0.245 e. The van der Waals surface area contributed by atoms with Gasteiger partial charge in [0.1, 0.15) is 12.3 Å². The summed E-state index contributed by atoms with van der Waals surface area (Å²) >= 11 is 0. The number of aromatic nitrogens is 4. The number of carbonyl (C=O) groups excluding carboxylic acids is 1. The van der Waals surface area contributed by atoms with Gasteiger partial charge in [-0.25, -0.2) is 4.68 Å². The van der Waals surface area contributed by atoms with Crippen molar-refractivity contribution in [1.29, 1.82) is 0 Å². The summed E-state index contributed by atoms with van der Waals surface area (Å²) in [7, 11) is 2.01. The molecule has 0 N–H and O–H groups in total. The molecular formula is C16H24N6O2. The van der Waals surface area contributed by atoms with Crippen LogP contribution in [0.2, 0.25) is 0 Å². The first-order valence-electron chi connectivity index (χ1n) is 8.34. The van der Waals surface area contributed by atoms with Gasteiger partial charge >= 0.3 is 0 Å². The third-order valence-electron chi connectivity index (χ3n) is 4.61. The Balaban J connectivity index is 1.68. The number of amides is 1. The molecule has 2 aromatic heterocycles. The van der Waals surface area contributed by atoms with Gasteiger partial charge in [0.05, 0.1) is 18.8 Å². The van der Waals surface area contributed by atoms with Gasteiger partial charge in [-0.15, -0.1) is 5.10 Å². The summed E-state index contributed by atoms with van der Waals surface area (Å²) < 4.78 is 7.08. The van der Waals surface area contributed by atoms with Crippen LogP contribution in [0.15, 0.2) is 22.8 Å². The molecule has 0 aliphatic carbocycles. The monoisotopic (exact) mass is 332 g/mol. The molecule has 0 aromatic carbocycles. The summed E-state index contributed by atoms with van der Waals surface area (Å²) in [5.41, 5.74) is 0. The van der Waals surface area contributed by atoms with Crippen LogP contribution in [-0.4, -0.2) is 55.5 Å². The van der Waals surface area contributed by atoms with E-state index < -0.39 is 0 Å².